The molecule has 112 valence electrons. The van der Waals surface area contributed by atoms with Gasteiger partial charge >= 0.3 is 0 Å². The molecule has 2 unspecified atom stereocenters. The van der Waals surface area contributed by atoms with Gasteiger partial charge in [-0.15, -0.1) is 0 Å². The maximum Gasteiger partial charge on any atom is 0.161 e. The van der Waals surface area contributed by atoms with Crippen LogP contribution in [0.4, 0.5) is 13.2 Å². The Kier molecular flexibility index (Phi) is 4.43. The minimum Gasteiger partial charge on any atom is -0.310 e. The number of rotatable bonds is 4. The lowest BCUT2D eigenvalue weighted by Gasteiger charge is -2.35. The second-order valence-corrected chi connectivity index (χ2v) is 6.31. The van der Waals surface area contributed by atoms with E-state index in [9.17, 15) is 13.2 Å². The van der Waals surface area contributed by atoms with Crippen molar-refractivity contribution >= 4 is 0 Å². The molecule has 0 aromatic heterocycles. The fraction of sp³-hybridized carbons (Fsp3) is 0.625. The molecule has 1 nitrogen and oxygen atoms in total. The quantitative estimate of drug-likeness (QED) is 0.798. The van der Waals surface area contributed by atoms with Crippen molar-refractivity contribution in [3.8, 4) is 0 Å². The monoisotopic (exact) mass is 285 g/mol. The van der Waals surface area contributed by atoms with Gasteiger partial charge in [0.15, 0.2) is 11.6 Å². The summed E-state index contributed by atoms with van der Waals surface area (Å²) in [5.41, 5.74) is 0.315. The summed E-state index contributed by atoms with van der Waals surface area (Å²) in [5, 5.41) is 3.25. The van der Waals surface area contributed by atoms with Crippen LogP contribution in [0.1, 0.15) is 51.6 Å². The largest absolute Gasteiger partial charge is 0.310 e. The van der Waals surface area contributed by atoms with Crippen molar-refractivity contribution in [3.05, 3.63) is 35.1 Å². The van der Waals surface area contributed by atoms with E-state index in [1.165, 1.54) is 0 Å². The Morgan fingerprint density at radius 1 is 1.20 bits per heavy atom. The van der Waals surface area contributed by atoms with Gasteiger partial charge in [-0.25, -0.2) is 13.2 Å². The topological polar surface area (TPSA) is 12.0 Å². The van der Waals surface area contributed by atoms with Crippen LogP contribution in [-0.2, 0) is 0 Å². The maximum absolute atomic E-state index is 14.1. The van der Waals surface area contributed by atoms with E-state index in [0.29, 0.717) is 12.6 Å². The van der Waals surface area contributed by atoms with Crippen LogP contribution in [0, 0.1) is 28.8 Å². The zero-order valence-electron chi connectivity index (χ0n) is 12.3. The summed E-state index contributed by atoms with van der Waals surface area (Å²) in [5.74, 6) is -2.56. The standard InChI is InChI=1S/C16H22F3N/c1-4-20-15(11-6-5-7-16(11,2)3)10-8-13(18)14(19)9-12(10)17/h8-9,11,15,20H,4-7H2,1-3H3. The molecule has 1 aromatic carbocycles. The molecule has 0 spiro atoms. The first-order valence-corrected chi connectivity index (χ1v) is 7.24. The van der Waals surface area contributed by atoms with E-state index in [1.54, 1.807) is 0 Å². The molecule has 1 saturated carbocycles. The number of hydrogen-bond acceptors (Lipinski definition) is 1. The Morgan fingerprint density at radius 3 is 2.40 bits per heavy atom. The van der Waals surface area contributed by atoms with Crippen LogP contribution in [0.5, 0.6) is 0 Å². The Balaban J connectivity index is 2.41. The molecule has 2 rings (SSSR count). The molecule has 0 aliphatic heterocycles. The Hall–Kier alpha value is -1.03. The number of nitrogens with one attached hydrogen (secondary N) is 1. The molecule has 1 aliphatic carbocycles. The molecular weight excluding hydrogens is 263 g/mol. The van der Waals surface area contributed by atoms with Crippen LogP contribution in [0.15, 0.2) is 12.1 Å². The van der Waals surface area contributed by atoms with Crippen molar-refractivity contribution in [2.24, 2.45) is 11.3 Å². The van der Waals surface area contributed by atoms with Crippen LogP contribution in [0.25, 0.3) is 0 Å². The second kappa shape index (κ2) is 5.76. The van der Waals surface area contributed by atoms with Gasteiger partial charge in [-0.1, -0.05) is 27.2 Å². The van der Waals surface area contributed by atoms with Crippen molar-refractivity contribution in [2.75, 3.05) is 6.54 Å². The predicted molar refractivity (Wildman–Crippen MR) is 73.9 cm³/mol. The molecule has 0 heterocycles. The number of halogens is 3. The summed E-state index contributed by atoms with van der Waals surface area (Å²) in [6.07, 6.45) is 3.14. The predicted octanol–water partition coefficient (Wildman–Crippen LogP) is 4.58. The average molecular weight is 285 g/mol. The zero-order chi connectivity index (χ0) is 14.9. The number of benzene rings is 1. The summed E-state index contributed by atoms with van der Waals surface area (Å²) >= 11 is 0. The van der Waals surface area contributed by atoms with Crippen LogP contribution < -0.4 is 5.32 Å². The van der Waals surface area contributed by atoms with Crippen molar-refractivity contribution in [1.29, 1.82) is 0 Å². The molecule has 0 saturated heterocycles. The molecule has 20 heavy (non-hydrogen) atoms. The summed E-state index contributed by atoms with van der Waals surface area (Å²) < 4.78 is 40.6. The Morgan fingerprint density at radius 2 is 1.85 bits per heavy atom. The number of hydrogen-bond donors (Lipinski definition) is 1. The van der Waals surface area contributed by atoms with Crippen molar-refractivity contribution in [1.82, 2.24) is 5.32 Å². The molecule has 4 heteroatoms. The van der Waals surface area contributed by atoms with Gasteiger partial charge in [-0.3, -0.25) is 0 Å². The lowest BCUT2D eigenvalue weighted by Crippen LogP contribution is -2.34. The smallest absolute Gasteiger partial charge is 0.161 e. The average Bonchev–Trinajstić information content (AvgIpc) is 2.71. The highest BCUT2D eigenvalue weighted by atomic mass is 19.2. The molecule has 2 atom stereocenters. The van der Waals surface area contributed by atoms with Gasteiger partial charge in [0.1, 0.15) is 5.82 Å². The van der Waals surface area contributed by atoms with Crippen molar-refractivity contribution in [2.45, 2.75) is 46.1 Å². The van der Waals surface area contributed by atoms with Gasteiger partial charge in [-0.2, -0.15) is 0 Å². The molecule has 1 aromatic rings. The van der Waals surface area contributed by atoms with Gasteiger partial charge in [0, 0.05) is 17.7 Å². The first-order chi connectivity index (χ1) is 9.36. The summed E-state index contributed by atoms with van der Waals surface area (Å²) in [4.78, 5) is 0. The second-order valence-electron chi connectivity index (χ2n) is 6.31. The van der Waals surface area contributed by atoms with Gasteiger partial charge in [0.2, 0.25) is 0 Å². The summed E-state index contributed by atoms with van der Waals surface area (Å²) in [7, 11) is 0. The van der Waals surface area contributed by atoms with Gasteiger partial charge in [0.25, 0.3) is 0 Å². The van der Waals surface area contributed by atoms with E-state index in [2.05, 4.69) is 19.2 Å². The molecular formula is C16H22F3N. The van der Waals surface area contributed by atoms with E-state index in [-0.39, 0.29) is 22.9 Å². The fourth-order valence-electron chi connectivity index (χ4n) is 3.44. The zero-order valence-corrected chi connectivity index (χ0v) is 12.3. The first-order valence-electron chi connectivity index (χ1n) is 7.24. The highest BCUT2D eigenvalue weighted by Crippen LogP contribution is 2.49. The van der Waals surface area contributed by atoms with Crippen molar-refractivity contribution in [3.63, 3.8) is 0 Å². The third kappa shape index (κ3) is 2.85. The summed E-state index contributed by atoms with van der Waals surface area (Å²) in [6.45, 7) is 6.92. The maximum atomic E-state index is 14.1. The van der Waals surface area contributed by atoms with Crippen LogP contribution >= 0.6 is 0 Å². The van der Waals surface area contributed by atoms with E-state index in [1.807, 2.05) is 6.92 Å². The third-order valence-corrected chi connectivity index (χ3v) is 4.54. The van der Waals surface area contributed by atoms with E-state index < -0.39 is 17.5 Å². The lowest BCUT2D eigenvalue weighted by atomic mass is 9.75. The molecule has 1 N–H and O–H groups in total. The van der Waals surface area contributed by atoms with Crippen molar-refractivity contribution < 1.29 is 13.2 Å². The Bertz CT molecular complexity index is 485. The SMILES string of the molecule is CCNC(c1cc(F)c(F)cc1F)C1CCCC1(C)C. The Labute approximate surface area is 118 Å². The normalized spacial score (nSPS) is 23.0. The fourth-order valence-corrected chi connectivity index (χ4v) is 3.44. The van der Waals surface area contributed by atoms with Crippen LogP contribution in [0.2, 0.25) is 0 Å². The van der Waals surface area contributed by atoms with E-state index in [0.717, 1.165) is 25.3 Å². The minimum absolute atomic E-state index is 0.0736. The third-order valence-electron chi connectivity index (χ3n) is 4.54. The molecule has 0 bridgehead atoms. The first kappa shape index (κ1) is 15.4. The molecule has 0 amide bonds. The van der Waals surface area contributed by atoms with Gasteiger partial charge in [0.05, 0.1) is 0 Å². The van der Waals surface area contributed by atoms with Crippen LogP contribution in [-0.4, -0.2) is 6.54 Å². The van der Waals surface area contributed by atoms with Crippen LogP contribution in [0.3, 0.4) is 0 Å². The van der Waals surface area contributed by atoms with Gasteiger partial charge in [-0.05, 0) is 36.8 Å². The summed E-state index contributed by atoms with van der Waals surface area (Å²) in [6, 6.07) is 1.39. The molecule has 0 radical (unpaired) electrons. The van der Waals surface area contributed by atoms with E-state index in [4.69, 9.17) is 0 Å². The highest BCUT2D eigenvalue weighted by Gasteiger charge is 2.40. The highest BCUT2D eigenvalue weighted by molar-refractivity contribution is 5.25. The van der Waals surface area contributed by atoms with E-state index >= 15 is 0 Å². The lowest BCUT2D eigenvalue weighted by molar-refractivity contribution is 0.196. The molecule has 1 fully saturated rings. The molecule has 1 aliphatic rings. The minimum atomic E-state index is -1.13. The van der Waals surface area contributed by atoms with Gasteiger partial charge < -0.3 is 5.32 Å².